The number of piperidine rings is 1. The lowest BCUT2D eigenvalue weighted by molar-refractivity contribution is -0.156. The van der Waals surface area contributed by atoms with E-state index in [1.807, 2.05) is 18.7 Å². The van der Waals surface area contributed by atoms with Crippen LogP contribution in [0.2, 0.25) is 0 Å². The van der Waals surface area contributed by atoms with Crippen LogP contribution in [0.15, 0.2) is 0 Å². The van der Waals surface area contributed by atoms with Gasteiger partial charge in [0, 0.05) is 39.0 Å². The number of carbonyl (C=O) groups is 2. The number of ketones is 1. The van der Waals surface area contributed by atoms with Crippen LogP contribution in [0.4, 0.5) is 0 Å². The third-order valence-electron chi connectivity index (χ3n) is 3.79. The lowest BCUT2D eigenvalue weighted by Gasteiger charge is -2.42. The predicted molar refractivity (Wildman–Crippen MR) is 73.3 cm³/mol. The minimum absolute atomic E-state index is 0.0354. The molecule has 2 aliphatic heterocycles. The van der Waals surface area contributed by atoms with E-state index in [1.165, 1.54) is 0 Å². The number of hydrogen-bond acceptors (Lipinski definition) is 5. The molecule has 0 aromatic carbocycles. The number of morpholine rings is 1. The van der Waals surface area contributed by atoms with Gasteiger partial charge in [-0.15, -0.1) is 0 Å². The average molecular weight is 284 g/mol. The van der Waals surface area contributed by atoms with Crippen LogP contribution in [-0.2, 0) is 14.3 Å². The van der Waals surface area contributed by atoms with E-state index in [9.17, 15) is 14.7 Å². The largest absolute Gasteiger partial charge is 0.394 e. The molecule has 1 N–H and O–H groups in total. The van der Waals surface area contributed by atoms with Gasteiger partial charge in [0.25, 0.3) is 0 Å². The smallest absolute Gasteiger partial charge is 0.236 e. The summed E-state index contributed by atoms with van der Waals surface area (Å²) < 4.78 is 5.73. The summed E-state index contributed by atoms with van der Waals surface area (Å²) in [5.74, 6) is 0.300. The summed E-state index contributed by atoms with van der Waals surface area (Å²) in [6.45, 7) is 6.53. The molecule has 0 aliphatic carbocycles. The van der Waals surface area contributed by atoms with Crippen molar-refractivity contribution in [3.63, 3.8) is 0 Å². The van der Waals surface area contributed by atoms with Crippen LogP contribution < -0.4 is 0 Å². The van der Waals surface area contributed by atoms with Crippen LogP contribution in [0.3, 0.4) is 0 Å². The van der Waals surface area contributed by atoms with Gasteiger partial charge in [-0.2, -0.15) is 0 Å². The molecule has 114 valence electrons. The Morgan fingerprint density at radius 3 is 2.65 bits per heavy atom. The Kier molecular flexibility index (Phi) is 4.78. The number of aliphatic hydroxyl groups is 1. The van der Waals surface area contributed by atoms with Crippen molar-refractivity contribution < 1.29 is 19.4 Å². The van der Waals surface area contributed by atoms with E-state index in [2.05, 4.69) is 0 Å². The molecule has 0 spiro atoms. The first-order valence-electron chi connectivity index (χ1n) is 7.20. The molecule has 2 heterocycles. The maximum atomic E-state index is 12.2. The van der Waals surface area contributed by atoms with Gasteiger partial charge in [-0.05, 0) is 13.8 Å². The zero-order valence-corrected chi connectivity index (χ0v) is 12.3. The Hall–Kier alpha value is -0.980. The van der Waals surface area contributed by atoms with Gasteiger partial charge in [-0.25, -0.2) is 0 Å². The third-order valence-corrected chi connectivity index (χ3v) is 3.79. The summed E-state index contributed by atoms with van der Waals surface area (Å²) in [5, 5.41) is 9.27. The second-order valence-corrected chi connectivity index (χ2v) is 6.27. The van der Waals surface area contributed by atoms with Crippen LogP contribution in [0, 0.1) is 0 Å². The number of ether oxygens (including phenoxy) is 1. The van der Waals surface area contributed by atoms with Crippen molar-refractivity contribution in [3.05, 3.63) is 0 Å². The molecule has 0 radical (unpaired) electrons. The van der Waals surface area contributed by atoms with Gasteiger partial charge < -0.3 is 14.7 Å². The van der Waals surface area contributed by atoms with E-state index >= 15 is 0 Å². The minimum Gasteiger partial charge on any atom is -0.394 e. The molecule has 0 saturated carbocycles. The summed E-state index contributed by atoms with van der Waals surface area (Å²) in [4.78, 5) is 27.2. The van der Waals surface area contributed by atoms with Crippen LogP contribution in [0.5, 0.6) is 0 Å². The fraction of sp³-hybridized carbons (Fsp3) is 0.857. The molecular weight excluding hydrogens is 260 g/mol. The first kappa shape index (κ1) is 15.4. The van der Waals surface area contributed by atoms with Gasteiger partial charge in [0.05, 0.1) is 24.9 Å². The highest BCUT2D eigenvalue weighted by atomic mass is 16.5. The number of Topliss-reactive ketones (excluding diaryl/α,β-unsaturated/α-hetero) is 1. The SMILES string of the molecule is CC1(C)CN(CC(=O)N2CCC(=O)CC2)CC(CO)O1. The molecule has 6 heteroatoms. The van der Waals surface area contributed by atoms with Crippen LogP contribution >= 0.6 is 0 Å². The molecule has 2 rings (SSSR count). The Labute approximate surface area is 119 Å². The normalized spacial score (nSPS) is 27.6. The van der Waals surface area contributed by atoms with Crippen molar-refractivity contribution in [1.82, 2.24) is 9.80 Å². The Morgan fingerprint density at radius 2 is 2.05 bits per heavy atom. The standard InChI is InChI=1S/C14H24N2O4/c1-14(2)10-15(7-12(9-17)20-14)8-13(19)16-5-3-11(18)4-6-16/h12,17H,3-10H2,1-2H3. The van der Waals surface area contributed by atoms with E-state index in [-0.39, 0.29) is 30.0 Å². The van der Waals surface area contributed by atoms with Crippen molar-refractivity contribution in [1.29, 1.82) is 0 Å². The number of hydrogen-bond donors (Lipinski definition) is 1. The molecule has 1 unspecified atom stereocenters. The molecule has 6 nitrogen and oxygen atoms in total. The number of rotatable bonds is 3. The highest BCUT2D eigenvalue weighted by molar-refractivity contribution is 5.84. The predicted octanol–water partition coefficient (Wildman–Crippen LogP) is -0.350. The fourth-order valence-electron chi connectivity index (χ4n) is 2.93. The van der Waals surface area contributed by atoms with E-state index in [0.29, 0.717) is 45.6 Å². The van der Waals surface area contributed by atoms with Crippen molar-refractivity contribution in [2.75, 3.05) is 39.3 Å². The second kappa shape index (κ2) is 6.20. The van der Waals surface area contributed by atoms with Crippen LogP contribution in [-0.4, -0.2) is 77.6 Å². The number of nitrogens with zero attached hydrogens (tertiary/aromatic N) is 2. The quantitative estimate of drug-likeness (QED) is 0.767. The molecule has 2 saturated heterocycles. The maximum Gasteiger partial charge on any atom is 0.236 e. The molecule has 2 aliphatic rings. The van der Waals surface area contributed by atoms with Crippen LogP contribution in [0.25, 0.3) is 0 Å². The van der Waals surface area contributed by atoms with Crippen molar-refractivity contribution in [2.45, 2.75) is 38.4 Å². The van der Waals surface area contributed by atoms with Gasteiger partial charge in [0.15, 0.2) is 0 Å². The monoisotopic (exact) mass is 284 g/mol. The molecule has 0 bridgehead atoms. The number of amides is 1. The number of aliphatic hydroxyl groups excluding tert-OH is 1. The zero-order valence-electron chi connectivity index (χ0n) is 12.3. The molecule has 0 aromatic heterocycles. The number of carbonyl (C=O) groups excluding carboxylic acids is 2. The summed E-state index contributed by atoms with van der Waals surface area (Å²) in [7, 11) is 0. The molecule has 20 heavy (non-hydrogen) atoms. The molecule has 1 amide bonds. The minimum atomic E-state index is -0.357. The molecular formula is C14H24N2O4. The van der Waals surface area contributed by atoms with Crippen LogP contribution in [0.1, 0.15) is 26.7 Å². The van der Waals surface area contributed by atoms with Gasteiger partial charge in [0.2, 0.25) is 5.91 Å². The van der Waals surface area contributed by atoms with E-state index in [4.69, 9.17) is 4.74 Å². The van der Waals surface area contributed by atoms with Gasteiger partial charge in [-0.1, -0.05) is 0 Å². The Morgan fingerprint density at radius 1 is 1.40 bits per heavy atom. The van der Waals surface area contributed by atoms with Crippen molar-refractivity contribution in [3.8, 4) is 0 Å². The maximum absolute atomic E-state index is 12.2. The van der Waals surface area contributed by atoms with E-state index < -0.39 is 0 Å². The first-order valence-corrected chi connectivity index (χ1v) is 7.20. The lowest BCUT2D eigenvalue weighted by Crippen LogP contribution is -2.56. The summed E-state index contributed by atoms with van der Waals surface area (Å²) in [6.07, 6.45) is 0.702. The van der Waals surface area contributed by atoms with E-state index in [0.717, 1.165) is 0 Å². The third kappa shape index (κ3) is 4.01. The first-order chi connectivity index (χ1) is 9.39. The molecule has 0 aromatic rings. The highest BCUT2D eigenvalue weighted by Gasteiger charge is 2.34. The van der Waals surface area contributed by atoms with Gasteiger partial charge >= 0.3 is 0 Å². The lowest BCUT2D eigenvalue weighted by atomic mass is 10.0. The van der Waals surface area contributed by atoms with Crippen molar-refractivity contribution >= 4 is 11.7 Å². The second-order valence-electron chi connectivity index (χ2n) is 6.27. The topological polar surface area (TPSA) is 70.1 Å². The average Bonchev–Trinajstić information content (AvgIpc) is 2.37. The Bertz CT molecular complexity index is 373. The summed E-state index contributed by atoms with van der Waals surface area (Å²) in [5.41, 5.74) is -0.357. The fourth-order valence-corrected chi connectivity index (χ4v) is 2.93. The molecule has 1 atom stereocenters. The number of likely N-dealkylation sites (tertiary alicyclic amines) is 1. The molecule has 2 fully saturated rings. The zero-order chi connectivity index (χ0) is 14.8. The van der Waals surface area contributed by atoms with Gasteiger partial charge in [-0.3, -0.25) is 14.5 Å². The van der Waals surface area contributed by atoms with Gasteiger partial charge in [0.1, 0.15) is 5.78 Å². The highest BCUT2D eigenvalue weighted by Crippen LogP contribution is 2.21. The summed E-state index contributed by atoms with van der Waals surface area (Å²) >= 11 is 0. The summed E-state index contributed by atoms with van der Waals surface area (Å²) in [6, 6.07) is 0. The van der Waals surface area contributed by atoms with Crippen molar-refractivity contribution in [2.24, 2.45) is 0 Å². The van der Waals surface area contributed by atoms with E-state index in [1.54, 1.807) is 4.90 Å². The Balaban J connectivity index is 1.88.